The molecule has 158 valence electrons. The summed E-state index contributed by atoms with van der Waals surface area (Å²) in [5, 5.41) is 7.12. The van der Waals surface area contributed by atoms with E-state index >= 15 is 0 Å². The number of esters is 1. The van der Waals surface area contributed by atoms with Gasteiger partial charge in [-0.1, -0.05) is 6.07 Å². The smallest absolute Gasteiger partial charge is 0.433 e. The van der Waals surface area contributed by atoms with Crippen molar-refractivity contribution in [2.24, 2.45) is 0 Å². The van der Waals surface area contributed by atoms with Crippen LogP contribution >= 0.6 is 0 Å². The van der Waals surface area contributed by atoms with Gasteiger partial charge in [0, 0.05) is 36.6 Å². The van der Waals surface area contributed by atoms with Gasteiger partial charge in [-0.3, -0.25) is 9.48 Å². The fourth-order valence-electron chi connectivity index (χ4n) is 2.85. The van der Waals surface area contributed by atoms with Gasteiger partial charge in [0.15, 0.2) is 0 Å². The maximum absolute atomic E-state index is 12.9. The summed E-state index contributed by atoms with van der Waals surface area (Å²) >= 11 is 0. The molecule has 10 heteroatoms. The second kappa shape index (κ2) is 8.93. The topological polar surface area (TPSA) is 81.9 Å². The molecule has 0 saturated heterocycles. The molecule has 0 aliphatic rings. The number of halogens is 3. The summed E-state index contributed by atoms with van der Waals surface area (Å²) in [6.07, 6.45) is 0.962. The standard InChI is InChI=1S/C20H20F3N5O2/c1-13-8-14(15-11-25-28(12-15)7-3-4-18(29)30-2)10-16(9-13)26-19-24-6-5-17(27-19)20(21,22)23/h5-6,8-12H,3-4,7H2,1-2H3,(H,24,26,27). The van der Waals surface area contributed by atoms with Gasteiger partial charge in [0.05, 0.1) is 13.3 Å². The number of alkyl halides is 3. The van der Waals surface area contributed by atoms with Gasteiger partial charge >= 0.3 is 12.1 Å². The van der Waals surface area contributed by atoms with Crippen LogP contribution in [0.25, 0.3) is 11.1 Å². The lowest BCUT2D eigenvalue weighted by Crippen LogP contribution is -2.10. The highest BCUT2D eigenvalue weighted by Crippen LogP contribution is 2.29. The van der Waals surface area contributed by atoms with E-state index in [2.05, 4.69) is 25.1 Å². The van der Waals surface area contributed by atoms with Crippen molar-refractivity contribution < 1.29 is 22.7 Å². The van der Waals surface area contributed by atoms with Crippen LogP contribution in [0.5, 0.6) is 0 Å². The number of hydrogen-bond donors (Lipinski definition) is 1. The molecule has 30 heavy (non-hydrogen) atoms. The van der Waals surface area contributed by atoms with Crippen LogP contribution in [-0.4, -0.2) is 32.8 Å². The molecule has 1 aromatic carbocycles. The molecular formula is C20H20F3N5O2. The lowest BCUT2D eigenvalue weighted by atomic mass is 10.1. The van der Waals surface area contributed by atoms with Crippen molar-refractivity contribution >= 4 is 17.6 Å². The van der Waals surface area contributed by atoms with Crippen LogP contribution in [0.3, 0.4) is 0 Å². The average molecular weight is 419 g/mol. The van der Waals surface area contributed by atoms with Gasteiger partial charge in [-0.2, -0.15) is 18.3 Å². The van der Waals surface area contributed by atoms with E-state index in [4.69, 9.17) is 0 Å². The summed E-state index contributed by atoms with van der Waals surface area (Å²) < 4.78 is 44.9. The maximum Gasteiger partial charge on any atom is 0.433 e. The number of nitrogens with zero attached hydrogens (tertiary/aromatic N) is 4. The fraction of sp³-hybridized carbons (Fsp3) is 0.300. The van der Waals surface area contributed by atoms with E-state index in [0.717, 1.165) is 29.0 Å². The fourth-order valence-corrected chi connectivity index (χ4v) is 2.85. The Morgan fingerprint density at radius 3 is 2.77 bits per heavy atom. The highest BCUT2D eigenvalue weighted by molar-refractivity contribution is 5.70. The summed E-state index contributed by atoms with van der Waals surface area (Å²) in [6.45, 7) is 2.44. The minimum atomic E-state index is -4.54. The van der Waals surface area contributed by atoms with Crippen molar-refractivity contribution in [2.75, 3.05) is 12.4 Å². The van der Waals surface area contributed by atoms with Crippen LogP contribution in [0.15, 0.2) is 42.9 Å². The Balaban J connectivity index is 1.75. The van der Waals surface area contributed by atoms with Gasteiger partial charge in [0.1, 0.15) is 5.69 Å². The summed E-state index contributed by atoms with van der Waals surface area (Å²) in [4.78, 5) is 18.6. The first-order valence-electron chi connectivity index (χ1n) is 9.13. The predicted molar refractivity (Wildman–Crippen MR) is 104 cm³/mol. The molecule has 0 spiro atoms. The minimum absolute atomic E-state index is 0.139. The Kier molecular flexibility index (Phi) is 6.34. The molecule has 0 aliphatic heterocycles. The third-order valence-corrected chi connectivity index (χ3v) is 4.24. The van der Waals surface area contributed by atoms with E-state index in [1.807, 2.05) is 19.2 Å². The molecule has 0 aliphatic carbocycles. The van der Waals surface area contributed by atoms with E-state index in [1.54, 1.807) is 23.0 Å². The summed E-state index contributed by atoms with van der Waals surface area (Å²) in [5.41, 5.74) is 2.12. The number of benzene rings is 1. The summed E-state index contributed by atoms with van der Waals surface area (Å²) in [6, 6.07) is 6.33. The second-order valence-corrected chi connectivity index (χ2v) is 6.65. The van der Waals surface area contributed by atoms with Crippen molar-refractivity contribution in [1.82, 2.24) is 19.7 Å². The molecule has 0 saturated carbocycles. The van der Waals surface area contributed by atoms with E-state index in [-0.39, 0.29) is 11.9 Å². The van der Waals surface area contributed by atoms with Gasteiger partial charge in [-0.15, -0.1) is 0 Å². The number of aromatic nitrogens is 4. The van der Waals surface area contributed by atoms with Crippen LogP contribution in [0.2, 0.25) is 0 Å². The average Bonchev–Trinajstić information content (AvgIpc) is 3.16. The summed E-state index contributed by atoms with van der Waals surface area (Å²) in [7, 11) is 1.35. The molecule has 3 rings (SSSR count). The zero-order valence-electron chi connectivity index (χ0n) is 16.4. The molecule has 0 radical (unpaired) electrons. The largest absolute Gasteiger partial charge is 0.469 e. The number of anilines is 2. The molecule has 0 amide bonds. The Hall–Kier alpha value is -3.43. The summed E-state index contributed by atoms with van der Waals surface area (Å²) in [5.74, 6) is -0.409. The first kappa shape index (κ1) is 21.3. The molecule has 2 heterocycles. The minimum Gasteiger partial charge on any atom is -0.469 e. The molecule has 0 bridgehead atoms. The lowest BCUT2D eigenvalue weighted by molar-refractivity contribution is -0.141. The third kappa shape index (κ3) is 5.56. The Morgan fingerprint density at radius 2 is 2.03 bits per heavy atom. The van der Waals surface area contributed by atoms with E-state index in [1.165, 1.54) is 7.11 Å². The highest BCUT2D eigenvalue weighted by atomic mass is 19.4. The molecule has 2 aromatic heterocycles. The number of nitrogens with one attached hydrogen (secondary N) is 1. The number of carbonyl (C=O) groups is 1. The maximum atomic E-state index is 12.9. The Morgan fingerprint density at radius 1 is 1.23 bits per heavy atom. The zero-order valence-corrected chi connectivity index (χ0v) is 16.4. The van der Waals surface area contributed by atoms with Gasteiger partial charge in [0.25, 0.3) is 0 Å². The SMILES string of the molecule is COC(=O)CCCn1cc(-c2cc(C)cc(Nc3nccc(C(F)(F)F)n3)c2)cn1. The number of rotatable bonds is 7. The van der Waals surface area contributed by atoms with Gasteiger partial charge in [0.2, 0.25) is 5.95 Å². The number of aryl methyl sites for hydroxylation is 2. The quantitative estimate of drug-likeness (QED) is 0.573. The van der Waals surface area contributed by atoms with Crippen LogP contribution in [0.4, 0.5) is 24.8 Å². The van der Waals surface area contributed by atoms with Crippen LogP contribution in [0.1, 0.15) is 24.1 Å². The zero-order chi connectivity index (χ0) is 21.7. The lowest BCUT2D eigenvalue weighted by Gasteiger charge is -2.10. The second-order valence-electron chi connectivity index (χ2n) is 6.65. The van der Waals surface area contributed by atoms with Gasteiger partial charge in [-0.25, -0.2) is 9.97 Å². The van der Waals surface area contributed by atoms with E-state index in [9.17, 15) is 18.0 Å². The van der Waals surface area contributed by atoms with Crippen molar-refractivity contribution in [3.8, 4) is 11.1 Å². The monoisotopic (exact) mass is 419 g/mol. The molecule has 3 aromatic rings. The molecule has 0 atom stereocenters. The normalized spacial score (nSPS) is 11.4. The van der Waals surface area contributed by atoms with Crippen molar-refractivity contribution in [3.05, 3.63) is 54.1 Å². The Bertz CT molecular complexity index is 1030. The first-order valence-corrected chi connectivity index (χ1v) is 9.13. The predicted octanol–water partition coefficient (Wildman–Crippen LogP) is 4.36. The van der Waals surface area contributed by atoms with E-state index in [0.29, 0.717) is 25.1 Å². The van der Waals surface area contributed by atoms with Crippen LogP contribution in [0, 0.1) is 6.92 Å². The van der Waals surface area contributed by atoms with Crippen molar-refractivity contribution in [3.63, 3.8) is 0 Å². The molecular weight excluding hydrogens is 399 g/mol. The first-order chi connectivity index (χ1) is 14.2. The highest BCUT2D eigenvalue weighted by Gasteiger charge is 2.32. The number of hydrogen-bond acceptors (Lipinski definition) is 6. The number of ether oxygens (including phenoxy) is 1. The van der Waals surface area contributed by atoms with Gasteiger partial charge < -0.3 is 10.1 Å². The Labute approximate surface area is 170 Å². The van der Waals surface area contributed by atoms with Crippen molar-refractivity contribution in [2.45, 2.75) is 32.5 Å². The molecule has 0 unspecified atom stereocenters. The number of carbonyl (C=O) groups excluding carboxylic acids is 1. The molecule has 0 fully saturated rings. The van der Waals surface area contributed by atoms with Crippen LogP contribution < -0.4 is 5.32 Å². The molecule has 1 N–H and O–H groups in total. The third-order valence-electron chi connectivity index (χ3n) is 4.24. The number of methoxy groups -OCH3 is 1. The van der Waals surface area contributed by atoms with Crippen molar-refractivity contribution in [1.29, 1.82) is 0 Å². The molecule has 7 nitrogen and oxygen atoms in total. The van der Waals surface area contributed by atoms with Gasteiger partial charge in [-0.05, 0) is 42.7 Å². The van der Waals surface area contributed by atoms with E-state index < -0.39 is 11.9 Å². The van der Waals surface area contributed by atoms with Crippen LogP contribution in [-0.2, 0) is 22.3 Å².